The topological polar surface area (TPSA) is 60.8 Å². The van der Waals surface area contributed by atoms with Crippen molar-refractivity contribution < 1.29 is 15.0 Å². The second-order valence-corrected chi connectivity index (χ2v) is 2.81. The molecule has 0 aliphatic carbocycles. The van der Waals surface area contributed by atoms with Gasteiger partial charge in [-0.15, -0.1) is 6.42 Å². The minimum atomic E-state index is -0.827. The number of amides is 1. The predicted molar refractivity (Wildman–Crippen MR) is 42.0 cm³/mol. The van der Waals surface area contributed by atoms with Crippen LogP contribution in [0.25, 0.3) is 0 Å². The molecule has 2 N–H and O–H groups in total. The summed E-state index contributed by atoms with van der Waals surface area (Å²) in [5.41, 5.74) is 0. The maximum Gasteiger partial charge on any atom is 0.234 e. The average molecular weight is 169 g/mol. The molecule has 0 saturated carbocycles. The lowest BCUT2D eigenvalue weighted by Gasteiger charge is -2.12. The number of aliphatic hydroxyl groups excluding tert-OH is 2. The molecule has 1 saturated heterocycles. The lowest BCUT2D eigenvalue weighted by Crippen LogP contribution is -2.29. The molecule has 1 rings (SSSR count). The first kappa shape index (κ1) is 9.04. The number of aliphatic hydroxyl groups is 2. The first-order valence-corrected chi connectivity index (χ1v) is 3.72. The first-order valence-electron chi connectivity index (χ1n) is 3.72. The molecule has 1 aliphatic rings. The zero-order valence-electron chi connectivity index (χ0n) is 6.60. The van der Waals surface area contributed by atoms with E-state index < -0.39 is 12.2 Å². The Kier molecular flexibility index (Phi) is 2.69. The Morgan fingerprint density at radius 1 is 1.50 bits per heavy atom. The number of β-amino-alcohol motifs (C(OH)–C–C–N with tert-alkyl or cyclic N) is 2. The fraction of sp³-hybridized carbons (Fsp3) is 0.625. The second-order valence-electron chi connectivity index (χ2n) is 2.81. The monoisotopic (exact) mass is 169 g/mol. The molecular formula is C8H11NO3. The Balaban J connectivity index is 2.47. The number of carbonyl (C=O) groups is 1. The van der Waals surface area contributed by atoms with E-state index in [0.717, 1.165) is 0 Å². The van der Waals surface area contributed by atoms with Gasteiger partial charge >= 0.3 is 0 Å². The number of terminal acetylenes is 1. The van der Waals surface area contributed by atoms with Gasteiger partial charge in [0.1, 0.15) is 0 Å². The summed E-state index contributed by atoms with van der Waals surface area (Å²) < 4.78 is 0. The van der Waals surface area contributed by atoms with Gasteiger partial charge in [-0.05, 0) is 0 Å². The second kappa shape index (κ2) is 3.57. The van der Waals surface area contributed by atoms with Crippen molar-refractivity contribution >= 4 is 5.91 Å². The van der Waals surface area contributed by atoms with Crippen molar-refractivity contribution in [3.05, 3.63) is 0 Å². The highest BCUT2D eigenvalue weighted by Gasteiger charge is 2.31. The number of hydrogen-bond acceptors (Lipinski definition) is 3. The molecule has 0 spiro atoms. The predicted octanol–water partition coefficient (Wildman–Crippen LogP) is -1.43. The quantitative estimate of drug-likeness (QED) is 0.473. The normalized spacial score (nSPS) is 28.6. The SMILES string of the molecule is C#CCC(=O)N1CC(O)C(O)C1. The number of nitrogens with zero attached hydrogens (tertiary/aromatic N) is 1. The lowest BCUT2D eigenvalue weighted by atomic mass is 10.3. The maximum atomic E-state index is 11.1. The molecule has 0 radical (unpaired) electrons. The van der Waals surface area contributed by atoms with Crippen LogP contribution in [0.1, 0.15) is 6.42 Å². The molecule has 12 heavy (non-hydrogen) atoms. The number of rotatable bonds is 1. The lowest BCUT2D eigenvalue weighted by molar-refractivity contribution is -0.129. The van der Waals surface area contributed by atoms with Gasteiger partial charge in [-0.25, -0.2) is 0 Å². The van der Waals surface area contributed by atoms with Gasteiger partial charge in [-0.2, -0.15) is 0 Å². The highest BCUT2D eigenvalue weighted by molar-refractivity contribution is 5.78. The van der Waals surface area contributed by atoms with E-state index in [1.54, 1.807) is 0 Å². The van der Waals surface area contributed by atoms with Gasteiger partial charge in [0.25, 0.3) is 0 Å². The Hall–Kier alpha value is -1.05. The van der Waals surface area contributed by atoms with Gasteiger partial charge in [0.2, 0.25) is 5.91 Å². The van der Waals surface area contributed by atoms with E-state index in [0.29, 0.717) is 0 Å². The molecule has 0 bridgehead atoms. The number of likely N-dealkylation sites (tertiary alicyclic amines) is 1. The van der Waals surface area contributed by atoms with E-state index >= 15 is 0 Å². The zero-order valence-corrected chi connectivity index (χ0v) is 6.60. The van der Waals surface area contributed by atoms with Crippen LogP contribution in [0.15, 0.2) is 0 Å². The third kappa shape index (κ3) is 1.76. The first-order chi connectivity index (χ1) is 5.65. The van der Waals surface area contributed by atoms with Crippen molar-refractivity contribution in [3.8, 4) is 12.3 Å². The van der Waals surface area contributed by atoms with Crippen molar-refractivity contribution in [2.24, 2.45) is 0 Å². The van der Waals surface area contributed by atoms with Crippen LogP contribution in [0, 0.1) is 12.3 Å². The molecule has 2 unspecified atom stereocenters. The van der Waals surface area contributed by atoms with Gasteiger partial charge in [0, 0.05) is 13.1 Å². The van der Waals surface area contributed by atoms with Crippen molar-refractivity contribution in [2.45, 2.75) is 18.6 Å². The van der Waals surface area contributed by atoms with E-state index in [2.05, 4.69) is 5.92 Å². The maximum absolute atomic E-state index is 11.1. The van der Waals surface area contributed by atoms with Gasteiger partial charge < -0.3 is 15.1 Å². The molecule has 0 aromatic carbocycles. The largest absolute Gasteiger partial charge is 0.388 e. The zero-order chi connectivity index (χ0) is 9.14. The minimum absolute atomic E-state index is 0.0272. The third-order valence-corrected chi connectivity index (χ3v) is 1.87. The van der Waals surface area contributed by atoms with Crippen LogP contribution < -0.4 is 0 Å². The van der Waals surface area contributed by atoms with Crippen LogP contribution >= 0.6 is 0 Å². The summed E-state index contributed by atoms with van der Waals surface area (Å²) in [5.74, 6) is 2.00. The van der Waals surface area contributed by atoms with Crippen LogP contribution in [0.3, 0.4) is 0 Å². The molecule has 1 amide bonds. The van der Waals surface area contributed by atoms with Gasteiger partial charge in [-0.1, -0.05) is 5.92 Å². The smallest absolute Gasteiger partial charge is 0.234 e. The van der Waals surface area contributed by atoms with Crippen LogP contribution in [0.5, 0.6) is 0 Å². The summed E-state index contributed by atoms with van der Waals surface area (Å²) in [5, 5.41) is 18.2. The molecule has 1 aliphatic heterocycles. The Labute approximate surface area is 70.8 Å². The molecule has 0 aromatic heterocycles. The van der Waals surface area contributed by atoms with Crippen LogP contribution in [-0.4, -0.2) is 46.3 Å². The Morgan fingerprint density at radius 3 is 2.42 bits per heavy atom. The summed E-state index contributed by atoms with van der Waals surface area (Å²) >= 11 is 0. The molecule has 4 nitrogen and oxygen atoms in total. The van der Waals surface area contributed by atoms with Crippen molar-refractivity contribution in [3.63, 3.8) is 0 Å². The molecule has 2 atom stereocenters. The Morgan fingerprint density at radius 2 is 2.00 bits per heavy atom. The number of hydrogen-bond donors (Lipinski definition) is 2. The van der Waals surface area contributed by atoms with E-state index in [9.17, 15) is 4.79 Å². The van der Waals surface area contributed by atoms with Gasteiger partial charge in [0.15, 0.2) is 0 Å². The molecular weight excluding hydrogens is 158 g/mol. The van der Waals surface area contributed by atoms with Crippen molar-refractivity contribution in [1.82, 2.24) is 4.90 Å². The standard InChI is InChI=1S/C8H11NO3/c1-2-3-8(12)9-4-6(10)7(11)5-9/h1,6-7,10-11H,3-5H2. The van der Waals surface area contributed by atoms with Crippen LogP contribution in [0.4, 0.5) is 0 Å². The third-order valence-electron chi connectivity index (χ3n) is 1.87. The number of carbonyl (C=O) groups excluding carboxylic acids is 1. The average Bonchev–Trinajstić information content (AvgIpc) is 2.33. The molecule has 0 aromatic rings. The highest BCUT2D eigenvalue weighted by Crippen LogP contribution is 2.10. The van der Waals surface area contributed by atoms with Crippen molar-refractivity contribution in [2.75, 3.05) is 13.1 Å². The fourth-order valence-electron chi connectivity index (χ4n) is 1.17. The van der Waals surface area contributed by atoms with E-state index in [1.807, 2.05) is 0 Å². The van der Waals surface area contributed by atoms with Crippen molar-refractivity contribution in [1.29, 1.82) is 0 Å². The minimum Gasteiger partial charge on any atom is -0.388 e. The van der Waals surface area contributed by atoms with Crippen LogP contribution in [0.2, 0.25) is 0 Å². The molecule has 66 valence electrons. The van der Waals surface area contributed by atoms with Gasteiger partial charge in [0.05, 0.1) is 18.6 Å². The van der Waals surface area contributed by atoms with Crippen LogP contribution in [-0.2, 0) is 4.79 Å². The summed E-state index contributed by atoms with van der Waals surface area (Å²) in [6.45, 7) is 0.364. The molecule has 1 heterocycles. The summed E-state index contributed by atoms with van der Waals surface area (Å²) in [6, 6.07) is 0. The summed E-state index contributed by atoms with van der Waals surface area (Å²) in [4.78, 5) is 12.5. The van der Waals surface area contributed by atoms with Gasteiger partial charge in [-0.3, -0.25) is 4.79 Å². The van der Waals surface area contributed by atoms with E-state index in [-0.39, 0.29) is 25.4 Å². The summed E-state index contributed by atoms with van der Waals surface area (Å²) in [7, 11) is 0. The summed E-state index contributed by atoms with van der Waals surface area (Å²) in [6.07, 6.45) is 3.32. The Bertz CT molecular complexity index is 211. The van der Waals surface area contributed by atoms with E-state index in [1.165, 1.54) is 4.90 Å². The highest BCUT2D eigenvalue weighted by atomic mass is 16.3. The molecule has 1 fully saturated rings. The fourth-order valence-corrected chi connectivity index (χ4v) is 1.17. The molecule has 4 heteroatoms. The van der Waals surface area contributed by atoms with E-state index in [4.69, 9.17) is 16.6 Å².